The van der Waals surface area contributed by atoms with E-state index in [0.717, 1.165) is 32.8 Å². The molecule has 120 valence electrons. The van der Waals surface area contributed by atoms with Gasteiger partial charge in [-0.1, -0.05) is 27.7 Å². The predicted octanol–water partition coefficient (Wildman–Crippen LogP) is 3.02. The molecular formula is C16H29N3OS. The van der Waals surface area contributed by atoms with Gasteiger partial charge in [0.15, 0.2) is 5.13 Å². The van der Waals surface area contributed by atoms with Crippen LogP contribution in [0.5, 0.6) is 0 Å². The van der Waals surface area contributed by atoms with Gasteiger partial charge < -0.3 is 15.0 Å². The first-order valence-corrected chi connectivity index (χ1v) is 8.72. The second-order valence-corrected chi connectivity index (χ2v) is 7.92. The maximum absolute atomic E-state index is 5.29. The molecule has 1 aromatic rings. The first kappa shape index (κ1) is 16.7. The van der Waals surface area contributed by atoms with E-state index in [2.05, 4.69) is 37.9 Å². The normalized spacial score (nSPS) is 19.5. The number of rotatable bonds is 6. The van der Waals surface area contributed by atoms with Gasteiger partial charge in [0.05, 0.1) is 12.3 Å². The van der Waals surface area contributed by atoms with Crippen molar-refractivity contribution in [3.63, 3.8) is 0 Å². The zero-order valence-corrected chi connectivity index (χ0v) is 14.8. The molecule has 1 unspecified atom stereocenters. The Morgan fingerprint density at radius 1 is 1.43 bits per heavy atom. The van der Waals surface area contributed by atoms with Crippen molar-refractivity contribution in [3.05, 3.63) is 10.6 Å². The van der Waals surface area contributed by atoms with Gasteiger partial charge >= 0.3 is 0 Å². The number of methoxy groups -OCH3 is 1. The van der Waals surface area contributed by atoms with Crippen LogP contribution in [0.4, 0.5) is 5.13 Å². The van der Waals surface area contributed by atoms with E-state index in [4.69, 9.17) is 9.72 Å². The number of anilines is 1. The lowest BCUT2D eigenvalue weighted by Gasteiger charge is -2.18. The summed E-state index contributed by atoms with van der Waals surface area (Å²) < 4.78 is 5.29. The second kappa shape index (κ2) is 7.07. The molecule has 0 radical (unpaired) electrons. The van der Waals surface area contributed by atoms with Gasteiger partial charge in [-0.15, -0.1) is 11.3 Å². The van der Waals surface area contributed by atoms with Crippen molar-refractivity contribution < 1.29 is 4.74 Å². The van der Waals surface area contributed by atoms with Crippen LogP contribution in [0.1, 0.15) is 44.7 Å². The van der Waals surface area contributed by atoms with Crippen molar-refractivity contribution in [1.82, 2.24) is 10.3 Å². The smallest absolute Gasteiger partial charge is 0.185 e. The highest BCUT2D eigenvalue weighted by Gasteiger charge is 2.28. The van der Waals surface area contributed by atoms with Crippen molar-refractivity contribution in [1.29, 1.82) is 0 Å². The molecule has 0 saturated carbocycles. The van der Waals surface area contributed by atoms with Gasteiger partial charge in [0.25, 0.3) is 0 Å². The summed E-state index contributed by atoms with van der Waals surface area (Å²) >= 11 is 1.86. The molecule has 1 N–H and O–H groups in total. The number of thiazole rings is 1. The van der Waals surface area contributed by atoms with Crippen LogP contribution in [0, 0.1) is 5.92 Å². The lowest BCUT2D eigenvalue weighted by Crippen LogP contribution is -2.21. The number of ether oxygens (including phenoxy) is 1. The maximum atomic E-state index is 5.29. The van der Waals surface area contributed by atoms with E-state index in [-0.39, 0.29) is 5.41 Å². The van der Waals surface area contributed by atoms with Crippen LogP contribution in [0.3, 0.4) is 0 Å². The van der Waals surface area contributed by atoms with E-state index in [9.17, 15) is 0 Å². The molecule has 1 aliphatic heterocycles. The first-order chi connectivity index (χ1) is 9.95. The van der Waals surface area contributed by atoms with Crippen LogP contribution in [0.15, 0.2) is 0 Å². The van der Waals surface area contributed by atoms with Crippen molar-refractivity contribution in [2.45, 2.75) is 46.1 Å². The summed E-state index contributed by atoms with van der Waals surface area (Å²) in [6.45, 7) is 13.9. The van der Waals surface area contributed by atoms with E-state index in [0.29, 0.717) is 5.92 Å². The molecule has 0 spiro atoms. The molecule has 0 aliphatic carbocycles. The Hall–Kier alpha value is -0.650. The summed E-state index contributed by atoms with van der Waals surface area (Å²) in [6, 6.07) is 0. The molecule has 4 nitrogen and oxygen atoms in total. The monoisotopic (exact) mass is 311 g/mol. The summed E-state index contributed by atoms with van der Waals surface area (Å²) in [5, 5.41) is 4.63. The van der Waals surface area contributed by atoms with Crippen molar-refractivity contribution in [2.24, 2.45) is 5.92 Å². The Morgan fingerprint density at radius 3 is 2.81 bits per heavy atom. The van der Waals surface area contributed by atoms with E-state index < -0.39 is 0 Å². The fraction of sp³-hybridized carbons (Fsp3) is 0.812. The minimum absolute atomic E-state index is 0.102. The van der Waals surface area contributed by atoms with E-state index in [1.54, 1.807) is 7.11 Å². The van der Waals surface area contributed by atoms with Gasteiger partial charge in [0, 0.05) is 43.0 Å². The highest BCUT2D eigenvalue weighted by atomic mass is 32.1. The third-order valence-electron chi connectivity index (χ3n) is 3.89. The summed E-state index contributed by atoms with van der Waals surface area (Å²) in [6.07, 6.45) is 1.21. The molecule has 5 heteroatoms. The molecular weight excluding hydrogens is 282 g/mol. The van der Waals surface area contributed by atoms with E-state index >= 15 is 0 Å². The minimum Gasteiger partial charge on any atom is -0.384 e. The molecule has 21 heavy (non-hydrogen) atoms. The number of hydrogen-bond donors (Lipinski definition) is 1. The summed E-state index contributed by atoms with van der Waals surface area (Å²) in [5.41, 5.74) is 1.35. The SMILES string of the molecule is CCNCc1sc(N2CCC(COC)C2)nc1C(C)(C)C. The van der Waals surface area contributed by atoms with Crippen molar-refractivity contribution in [2.75, 3.05) is 38.3 Å². The minimum atomic E-state index is 0.102. The summed E-state index contributed by atoms with van der Waals surface area (Å²) in [7, 11) is 1.79. The zero-order valence-electron chi connectivity index (χ0n) is 14.0. The average molecular weight is 311 g/mol. The van der Waals surface area contributed by atoms with E-state index in [1.807, 2.05) is 11.3 Å². The molecule has 0 amide bonds. The molecule has 2 heterocycles. The summed E-state index contributed by atoms with van der Waals surface area (Å²) in [4.78, 5) is 8.79. The van der Waals surface area contributed by atoms with Crippen molar-refractivity contribution in [3.8, 4) is 0 Å². The van der Waals surface area contributed by atoms with Gasteiger partial charge in [0.2, 0.25) is 0 Å². The van der Waals surface area contributed by atoms with Crippen LogP contribution in [0.25, 0.3) is 0 Å². The Kier molecular flexibility index (Phi) is 5.63. The topological polar surface area (TPSA) is 37.4 Å². The third kappa shape index (κ3) is 4.18. The molecule has 1 atom stereocenters. The number of hydrogen-bond acceptors (Lipinski definition) is 5. The highest BCUT2D eigenvalue weighted by molar-refractivity contribution is 7.15. The maximum Gasteiger partial charge on any atom is 0.185 e. The van der Waals surface area contributed by atoms with Crippen LogP contribution >= 0.6 is 11.3 Å². The molecule has 1 fully saturated rings. The average Bonchev–Trinajstić information content (AvgIpc) is 3.02. The lowest BCUT2D eigenvalue weighted by molar-refractivity contribution is 0.161. The standard InChI is InChI=1S/C16H29N3OS/c1-6-17-9-13-14(16(2,3)4)18-15(21-13)19-8-7-12(10-19)11-20-5/h12,17H,6-11H2,1-5H3. The van der Waals surface area contributed by atoms with Crippen molar-refractivity contribution >= 4 is 16.5 Å². The molecule has 0 bridgehead atoms. The zero-order chi connectivity index (χ0) is 15.5. The van der Waals surface area contributed by atoms with Crippen LogP contribution in [0.2, 0.25) is 0 Å². The number of nitrogens with zero attached hydrogens (tertiary/aromatic N) is 2. The number of aromatic nitrogens is 1. The Bertz CT molecular complexity index is 453. The van der Waals surface area contributed by atoms with Gasteiger partial charge in [-0.25, -0.2) is 4.98 Å². The van der Waals surface area contributed by atoms with Crippen LogP contribution in [-0.2, 0) is 16.7 Å². The highest BCUT2D eigenvalue weighted by Crippen LogP contribution is 2.35. The number of nitrogens with one attached hydrogen (secondary N) is 1. The molecule has 2 rings (SSSR count). The predicted molar refractivity (Wildman–Crippen MR) is 90.4 cm³/mol. The van der Waals surface area contributed by atoms with E-state index in [1.165, 1.54) is 22.1 Å². The van der Waals surface area contributed by atoms with Gasteiger partial charge in [-0.2, -0.15) is 0 Å². The summed E-state index contributed by atoms with van der Waals surface area (Å²) in [5.74, 6) is 0.647. The largest absolute Gasteiger partial charge is 0.384 e. The Morgan fingerprint density at radius 2 is 2.19 bits per heavy atom. The van der Waals surface area contributed by atoms with Gasteiger partial charge in [0.1, 0.15) is 0 Å². The first-order valence-electron chi connectivity index (χ1n) is 7.90. The molecule has 0 aromatic carbocycles. The van der Waals surface area contributed by atoms with Gasteiger partial charge in [-0.05, 0) is 13.0 Å². The fourth-order valence-electron chi connectivity index (χ4n) is 2.80. The van der Waals surface area contributed by atoms with Gasteiger partial charge in [-0.3, -0.25) is 0 Å². The molecule has 1 aliphatic rings. The molecule has 1 aromatic heterocycles. The Balaban J connectivity index is 2.15. The lowest BCUT2D eigenvalue weighted by atomic mass is 9.91. The quantitative estimate of drug-likeness (QED) is 0.876. The Labute approximate surface area is 132 Å². The fourth-order valence-corrected chi connectivity index (χ4v) is 4.07. The van der Waals surface area contributed by atoms with Crippen LogP contribution in [-0.4, -0.2) is 38.3 Å². The second-order valence-electron chi connectivity index (χ2n) is 6.85. The van der Waals surface area contributed by atoms with Crippen LogP contribution < -0.4 is 10.2 Å². The third-order valence-corrected chi connectivity index (χ3v) is 5.01. The molecule has 1 saturated heterocycles.